The van der Waals surface area contributed by atoms with Crippen molar-refractivity contribution in [3.05, 3.63) is 81.0 Å². The van der Waals surface area contributed by atoms with E-state index < -0.39 is 0 Å². The van der Waals surface area contributed by atoms with Crippen molar-refractivity contribution in [2.24, 2.45) is 0 Å². The van der Waals surface area contributed by atoms with Gasteiger partial charge >= 0.3 is 0 Å². The van der Waals surface area contributed by atoms with E-state index in [1.165, 1.54) is 10.6 Å². The molecule has 26 heavy (non-hydrogen) atoms. The molecule has 1 aromatic carbocycles. The normalized spacial score (nSPS) is 11.0. The van der Waals surface area contributed by atoms with Crippen molar-refractivity contribution in [1.29, 1.82) is 0 Å². The number of hydrogen-bond donors (Lipinski definition) is 2. The highest BCUT2D eigenvalue weighted by molar-refractivity contribution is 6.30. The van der Waals surface area contributed by atoms with Crippen molar-refractivity contribution in [2.45, 2.75) is 13.3 Å². The number of aromatic amines is 1. The van der Waals surface area contributed by atoms with Gasteiger partial charge in [-0.1, -0.05) is 23.7 Å². The van der Waals surface area contributed by atoms with Gasteiger partial charge in [-0.25, -0.2) is 4.98 Å². The van der Waals surface area contributed by atoms with Crippen LogP contribution in [0, 0.1) is 6.92 Å². The quantitative estimate of drug-likeness (QED) is 0.579. The van der Waals surface area contributed by atoms with E-state index >= 15 is 0 Å². The summed E-state index contributed by atoms with van der Waals surface area (Å²) in [5.74, 6) is 0.725. The molecule has 0 aliphatic heterocycles. The fourth-order valence-electron chi connectivity index (χ4n) is 2.72. The number of hydrogen-bond acceptors (Lipinski definition) is 5. The molecule has 2 N–H and O–H groups in total. The lowest BCUT2D eigenvalue weighted by atomic mass is 10.0. The molecule has 130 valence electrons. The third-order valence-corrected chi connectivity index (χ3v) is 4.14. The smallest absolute Gasteiger partial charge is 0.274 e. The SMILES string of the molecule is Cc1cc(=O)n2[nH]c(Nc3cc(Cl)ccc3Cc3cccnc3)nc2n1. The molecule has 0 aliphatic carbocycles. The van der Waals surface area contributed by atoms with E-state index in [1.54, 1.807) is 13.1 Å². The van der Waals surface area contributed by atoms with Gasteiger partial charge in [0.1, 0.15) is 0 Å². The monoisotopic (exact) mass is 366 g/mol. The summed E-state index contributed by atoms with van der Waals surface area (Å²) in [6.45, 7) is 1.76. The molecule has 0 aliphatic rings. The highest BCUT2D eigenvalue weighted by Gasteiger charge is 2.10. The maximum absolute atomic E-state index is 12.0. The summed E-state index contributed by atoms with van der Waals surface area (Å²) in [6, 6.07) is 11.0. The van der Waals surface area contributed by atoms with Crippen LogP contribution in [0.25, 0.3) is 5.78 Å². The Kier molecular flexibility index (Phi) is 4.14. The van der Waals surface area contributed by atoms with E-state index in [9.17, 15) is 4.79 Å². The number of benzene rings is 1. The molecule has 0 atom stereocenters. The van der Waals surface area contributed by atoms with Gasteiger partial charge in [0.15, 0.2) is 0 Å². The Hall–Kier alpha value is -3.19. The molecule has 0 saturated heterocycles. The van der Waals surface area contributed by atoms with Gasteiger partial charge in [-0.05, 0) is 36.2 Å². The number of pyridine rings is 1. The van der Waals surface area contributed by atoms with Crippen molar-refractivity contribution >= 4 is 29.0 Å². The van der Waals surface area contributed by atoms with E-state index in [1.807, 2.05) is 36.5 Å². The standard InChI is InChI=1S/C18H15ClN6O/c1-11-7-16(26)25-18(21-11)23-17(24-25)22-15-9-14(19)5-4-13(15)8-12-3-2-6-20-10-12/h2-7,9-10H,8H2,1H3,(H2,21,22,23,24). The maximum atomic E-state index is 12.0. The van der Waals surface area contributed by atoms with Gasteiger partial charge in [-0.3, -0.25) is 14.9 Å². The molecule has 0 spiro atoms. The Morgan fingerprint density at radius 2 is 2.12 bits per heavy atom. The highest BCUT2D eigenvalue weighted by Crippen LogP contribution is 2.25. The number of nitrogens with zero attached hydrogens (tertiary/aromatic N) is 4. The largest absolute Gasteiger partial charge is 0.324 e. The molecular weight excluding hydrogens is 352 g/mol. The topological polar surface area (TPSA) is 88.0 Å². The summed E-state index contributed by atoms with van der Waals surface area (Å²) in [4.78, 5) is 24.8. The third kappa shape index (κ3) is 3.29. The van der Waals surface area contributed by atoms with Crippen molar-refractivity contribution in [2.75, 3.05) is 5.32 Å². The molecular formula is C18H15ClN6O. The van der Waals surface area contributed by atoms with Crippen LogP contribution in [0.4, 0.5) is 11.6 Å². The van der Waals surface area contributed by atoms with Crippen LogP contribution in [0.5, 0.6) is 0 Å². The van der Waals surface area contributed by atoms with Crippen LogP contribution in [-0.2, 0) is 6.42 Å². The first-order chi connectivity index (χ1) is 12.6. The predicted octanol–water partition coefficient (Wildman–Crippen LogP) is 3.11. The number of aromatic nitrogens is 5. The minimum atomic E-state index is -0.213. The maximum Gasteiger partial charge on any atom is 0.274 e. The average molecular weight is 367 g/mol. The average Bonchev–Trinajstić information content (AvgIpc) is 3.01. The summed E-state index contributed by atoms with van der Waals surface area (Å²) in [7, 11) is 0. The lowest BCUT2D eigenvalue weighted by molar-refractivity contribution is 0.892. The van der Waals surface area contributed by atoms with Gasteiger partial charge < -0.3 is 5.32 Å². The van der Waals surface area contributed by atoms with Crippen molar-refractivity contribution in [3.63, 3.8) is 0 Å². The van der Waals surface area contributed by atoms with E-state index in [0.717, 1.165) is 16.8 Å². The van der Waals surface area contributed by atoms with E-state index in [0.29, 0.717) is 28.9 Å². The zero-order valence-electron chi connectivity index (χ0n) is 13.9. The Balaban J connectivity index is 1.70. The molecule has 3 aromatic heterocycles. The number of rotatable bonds is 4. The Morgan fingerprint density at radius 3 is 2.92 bits per heavy atom. The molecule has 0 radical (unpaired) electrons. The van der Waals surface area contributed by atoms with E-state index in [-0.39, 0.29) is 5.56 Å². The fraction of sp³-hybridized carbons (Fsp3) is 0.111. The lowest BCUT2D eigenvalue weighted by Crippen LogP contribution is -2.14. The molecule has 4 aromatic rings. The molecule has 3 heterocycles. The zero-order chi connectivity index (χ0) is 18.1. The molecule has 0 bridgehead atoms. The van der Waals surface area contributed by atoms with Crippen molar-refractivity contribution < 1.29 is 0 Å². The minimum absolute atomic E-state index is 0.213. The van der Waals surface area contributed by atoms with Crippen LogP contribution in [0.1, 0.15) is 16.8 Å². The molecule has 0 unspecified atom stereocenters. The van der Waals surface area contributed by atoms with Crippen LogP contribution < -0.4 is 10.9 Å². The summed E-state index contributed by atoms with van der Waals surface area (Å²) < 4.78 is 1.29. The highest BCUT2D eigenvalue weighted by atomic mass is 35.5. The summed E-state index contributed by atoms with van der Waals surface area (Å²) in [6.07, 6.45) is 4.25. The molecule has 4 rings (SSSR count). The Labute approximate surface area is 153 Å². The number of aryl methyl sites for hydroxylation is 1. The number of anilines is 2. The Bertz CT molecular complexity index is 1140. The molecule has 0 saturated carbocycles. The second-order valence-corrected chi connectivity index (χ2v) is 6.34. The first kappa shape index (κ1) is 16.3. The van der Waals surface area contributed by atoms with Crippen LogP contribution in [-0.4, -0.2) is 24.6 Å². The first-order valence-electron chi connectivity index (χ1n) is 7.99. The zero-order valence-corrected chi connectivity index (χ0v) is 14.7. The second kappa shape index (κ2) is 6.61. The van der Waals surface area contributed by atoms with Crippen LogP contribution in [0.2, 0.25) is 5.02 Å². The van der Waals surface area contributed by atoms with Crippen LogP contribution >= 0.6 is 11.6 Å². The van der Waals surface area contributed by atoms with Gasteiger partial charge in [-0.2, -0.15) is 9.50 Å². The van der Waals surface area contributed by atoms with Gasteiger partial charge in [0.05, 0.1) is 0 Å². The number of nitrogens with one attached hydrogen (secondary N) is 2. The lowest BCUT2D eigenvalue weighted by Gasteiger charge is -2.10. The van der Waals surface area contributed by atoms with Crippen molar-refractivity contribution in [1.82, 2.24) is 24.6 Å². The number of H-pyrrole nitrogens is 1. The van der Waals surface area contributed by atoms with E-state index in [2.05, 4.69) is 25.4 Å². The second-order valence-electron chi connectivity index (χ2n) is 5.91. The van der Waals surface area contributed by atoms with Crippen LogP contribution in [0.3, 0.4) is 0 Å². The molecule has 0 fully saturated rings. The third-order valence-electron chi connectivity index (χ3n) is 3.90. The predicted molar refractivity (Wildman–Crippen MR) is 100 cm³/mol. The molecule has 0 amide bonds. The first-order valence-corrected chi connectivity index (χ1v) is 8.37. The summed E-state index contributed by atoms with van der Waals surface area (Å²) >= 11 is 6.16. The van der Waals surface area contributed by atoms with Gasteiger partial charge in [-0.15, -0.1) is 0 Å². The van der Waals surface area contributed by atoms with Crippen molar-refractivity contribution in [3.8, 4) is 0 Å². The Morgan fingerprint density at radius 1 is 1.23 bits per heavy atom. The number of halogens is 1. The van der Waals surface area contributed by atoms with Crippen LogP contribution in [0.15, 0.2) is 53.6 Å². The fourth-order valence-corrected chi connectivity index (χ4v) is 2.89. The van der Waals surface area contributed by atoms with E-state index in [4.69, 9.17) is 11.6 Å². The molecule has 8 heteroatoms. The minimum Gasteiger partial charge on any atom is -0.324 e. The van der Waals surface area contributed by atoms with Gasteiger partial charge in [0.2, 0.25) is 5.95 Å². The molecule has 7 nitrogen and oxygen atoms in total. The van der Waals surface area contributed by atoms with Gasteiger partial charge in [0, 0.05) is 41.3 Å². The number of fused-ring (bicyclic) bond motifs is 1. The van der Waals surface area contributed by atoms with Gasteiger partial charge in [0.25, 0.3) is 11.3 Å². The summed E-state index contributed by atoms with van der Waals surface area (Å²) in [5.41, 5.74) is 3.31. The summed E-state index contributed by atoms with van der Waals surface area (Å²) in [5, 5.41) is 6.71.